The number of hydrogen-bond acceptors (Lipinski definition) is 5. The Kier molecular flexibility index (Phi) is 6.25. The topological polar surface area (TPSA) is 72.7 Å². The van der Waals surface area contributed by atoms with Crippen molar-refractivity contribution < 1.29 is 4.79 Å². The number of aryl methyl sites for hydroxylation is 1. The number of anilines is 1. The molecule has 0 saturated heterocycles. The SMILES string of the molecule is CCn1c(SCC(=O)Nc2ccc(I)cc2C)nnc1-c1ccncc1. The summed E-state index contributed by atoms with van der Waals surface area (Å²) in [5, 5.41) is 12.2. The number of nitrogens with zero attached hydrogens (tertiary/aromatic N) is 4. The first-order valence-corrected chi connectivity index (χ1v) is 10.2. The molecule has 3 aromatic rings. The molecule has 2 heterocycles. The normalized spacial score (nSPS) is 10.7. The fraction of sp³-hybridized carbons (Fsp3) is 0.222. The predicted octanol–water partition coefficient (Wildman–Crippen LogP) is 4.00. The largest absolute Gasteiger partial charge is 0.325 e. The van der Waals surface area contributed by atoms with Gasteiger partial charge in [-0.2, -0.15) is 0 Å². The summed E-state index contributed by atoms with van der Waals surface area (Å²) < 4.78 is 3.15. The smallest absolute Gasteiger partial charge is 0.234 e. The van der Waals surface area contributed by atoms with E-state index in [1.165, 1.54) is 11.8 Å². The van der Waals surface area contributed by atoms with E-state index < -0.39 is 0 Å². The summed E-state index contributed by atoms with van der Waals surface area (Å²) in [5.41, 5.74) is 2.84. The zero-order chi connectivity index (χ0) is 18.5. The number of nitrogens with one attached hydrogen (secondary N) is 1. The monoisotopic (exact) mass is 479 g/mol. The molecule has 8 heteroatoms. The lowest BCUT2D eigenvalue weighted by molar-refractivity contribution is -0.113. The van der Waals surface area contributed by atoms with Crippen LogP contribution in [0.3, 0.4) is 0 Å². The van der Waals surface area contributed by atoms with Crippen molar-refractivity contribution in [2.45, 2.75) is 25.5 Å². The second kappa shape index (κ2) is 8.63. The molecule has 1 N–H and O–H groups in total. The highest BCUT2D eigenvalue weighted by Crippen LogP contribution is 2.24. The molecule has 26 heavy (non-hydrogen) atoms. The molecule has 134 valence electrons. The molecule has 0 radical (unpaired) electrons. The van der Waals surface area contributed by atoms with Crippen LogP contribution in [0.2, 0.25) is 0 Å². The molecule has 1 amide bonds. The molecule has 0 saturated carbocycles. The van der Waals surface area contributed by atoms with Crippen LogP contribution in [0.25, 0.3) is 11.4 Å². The van der Waals surface area contributed by atoms with Gasteiger partial charge in [-0.25, -0.2) is 0 Å². The van der Waals surface area contributed by atoms with Crippen molar-refractivity contribution in [1.29, 1.82) is 0 Å². The molecule has 0 aliphatic rings. The van der Waals surface area contributed by atoms with E-state index >= 15 is 0 Å². The summed E-state index contributed by atoms with van der Waals surface area (Å²) in [4.78, 5) is 16.3. The Balaban J connectivity index is 1.68. The summed E-state index contributed by atoms with van der Waals surface area (Å²) in [5.74, 6) is 1.00. The Bertz CT molecular complexity index is 913. The molecule has 2 aromatic heterocycles. The van der Waals surface area contributed by atoms with E-state index in [-0.39, 0.29) is 11.7 Å². The van der Waals surface area contributed by atoms with Gasteiger partial charge in [-0.15, -0.1) is 10.2 Å². The zero-order valence-electron chi connectivity index (χ0n) is 14.4. The summed E-state index contributed by atoms with van der Waals surface area (Å²) in [7, 11) is 0. The van der Waals surface area contributed by atoms with Gasteiger partial charge in [0.15, 0.2) is 11.0 Å². The quantitative estimate of drug-likeness (QED) is 0.428. The average molecular weight is 479 g/mol. The fourth-order valence-electron chi connectivity index (χ4n) is 2.48. The summed E-state index contributed by atoms with van der Waals surface area (Å²) >= 11 is 3.64. The van der Waals surface area contributed by atoms with E-state index in [1.807, 2.05) is 48.7 Å². The Morgan fingerprint density at radius 2 is 2.00 bits per heavy atom. The molecular weight excluding hydrogens is 461 g/mol. The summed E-state index contributed by atoms with van der Waals surface area (Å²) in [6, 6.07) is 9.74. The van der Waals surface area contributed by atoms with Crippen molar-refractivity contribution in [2.75, 3.05) is 11.1 Å². The van der Waals surface area contributed by atoms with Crippen LogP contribution in [0, 0.1) is 10.5 Å². The molecule has 6 nitrogen and oxygen atoms in total. The van der Waals surface area contributed by atoms with Gasteiger partial charge in [-0.05, 0) is 72.3 Å². The van der Waals surface area contributed by atoms with Gasteiger partial charge in [0.25, 0.3) is 0 Å². The van der Waals surface area contributed by atoms with Crippen molar-refractivity contribution >= 4 is 45.9 Å². The third-order valence-corrected chi connectivity index (χ3v) is 5.40. The van der Waals surface area contributed by atoms with E-state index in [9.17, 15) is 4.79 Å². The highest BCUT2D eigenvalue weighted by Gasteiger charge is 2.15. The number of thioether (sulfide) groups is 1. The van der Waals surface area contributed by atoms with Crippen LogP contribution >= 0.6 is 34.4 Å². The molecular formula is C18H18IN5OS. The minimum Gasteiger partial charge on any atom is -0.325 e. The minimum absolute atomic E-state index is 0.0598. The van der Waals surface area contributed by atoms with E-state index in [0.717, 1.165) is 37.9 Å². The number of rotatable bonds is 6. The maximum Gasteiger partial charge on any atom is 0.234 e. The number of carbonyl (C=O) groups excluding carboxylic acids is 1. The third kappa shape index (κ3) is 4.42. The standard InChI is InChI=1S/C18H18IN5OS/c1-3-24-17(13-6-8-20-9-7-13)22-23-18(24)26-11-16(25)21-15-5-4-14(19)10-12(15)2/h4-10H,3,11H2,1-2H3,(H,21,25). The molecule has 1 aromatic carbocycles. The lowest BCUT2D eigenvalue weighted by atomic mass is 10.2. The van der Waals surface area contributed by atoms with Gasteiger partial charge in [-0.3, -0.25) is 9.78 Å². The van der Waals surface area contributed by atoms with Crippen molar-refractivity contribution in [3.8, 4) is 11.4 Å². The molecule has 0 atom stereocenters. The second-order valence-electron chi connectivity index (χ2n) is 5.58. The van der Waals surface area contributed by atoms with Crippen LogP contribution in [0.1, 0.15) is 12.5 Å². The van der Waals surface area contributed by atoms with E-state index in [1.54, 1.807) is 12.4 Å². The van der Waals surface area contributed by atoms with E-state index in [2.05, 4.69) is 43.1 Å². The summed E-state index contributed by atoms with van der Waals surface area (Å²) in [6.45, 7) is 4.75. The van der Waals surface area contributed by atoms with Gasteiger partial charge in [0.1, 0.15) is 0 Å². The van der Waals surface area contributed by atoms with Crippen LogP contribution in [-0.4, -0.2) is 31.4 Å². The van der Waals surface area contributed by atoms with Gasteiger partial charge < -0.3 is 9.88 Å². The number of amides is 1. The number of aromatic nitrogens is 4. The number of hydrogen-bond donors (Lipinski definition) is 1. The maximum atomic E-state index is 12.3. The Morgan fingerprint density at radius 3 is 2.69 bits per heavy atom. The van der Waals surface area contributed by atoms with Gasteiger partial charge in [0, 0.05) is 33.8 Å². The van der Waals surface area contributed by atoms with Gasteiger partial charge in [-0.1, -0.05) is 11.8 Å². The minimum atomic E-state index is -0.0598. The zero-order valence-corrected chi connectivity index (χ0v) is 17.4. The van der Waals surface area contributed by atoms with Gasteiger partial charge in [0.2, 0.25) is 5.91 Å². The van der Waals surface area contributed by atoms with Gasteiger partial charge >= 0.3 is 0 Å². The first-order chi connectivity index (χ1) is 12.6. The summed E-state index contributed by atoms with van der Waals surface area (Å²) in [6.07, 6.45) is 3.46. The Labute approximate surface area is 170 Å². The van der Waals surface area contributed by atoms with E-state index in [0.29, 0.717) is 0 Å². The maximum absolute atomic E-state index is 12.3. The average Bonchev–Trinajstić information content (AvgIpc) is 3.06. The van der Waals surface area contributed by atoms with Crippen molar-refractivity contribution in [1.82, 2.24) is 19.7 Å². The lowest BCUT2D eigenvalue weighted by Gasteiger charge is -2.09. The van der Waals surface area contributed by atoms with Crippen LogP contribution < -0.4 is 5.32 Å². The Hall–Kier alpha value is -1.94. The van der Waals surface area contributed by atoms with Crippen molar-refractivity contribution in [3.63, 3.8) is 0 Å². The number of halogens is 1. The van der Waals surface area contributed by atoms with Crippen molar-refractivity contribution in [2.24, 2.45) is 0 Å². The number of pyridine rings is 1. The number of benzene rings is 1. The van der Waals surface area contributed by atoms with Crippen molar-refractivity contribution in [3.05, 3.63) is 51.9 Å². The van der Waals surface area contributed by atoms with Crippen LogP contribution in [0.15, 0.2) is 47.9 Å². The third-order valence-electron chi connectivity index (χ3n) is 3.77. The van der Waals surface area contributed by atoms with Crippen LogP contribution in [-0.2, 0) is 11.3 Å². The first kappa shape index (κ1) is 18.8. The first-order valence-electron chi connectivity index (χ1n) is 8.11. The van der Waals surface area contributed by atoms with Crippen LogP contribution in [0.4, 0.5) is 5.69 Å². The lowest BCUT2D eigenvalue weighted by Crippen LogP contribution is -2.15. The fourth-order valence-corrected chi connectivity index (χ4v) is 3.93. The molecule has 0 bridgehead atoms. The molecule has 0 unspecified atom stereocenters. The molecule has 0 spiro atoms. The molecule has 3 rings (SSSR count). The van der Waals surface area contributed by atoms with Crippen LogP contribution in [0.5, 0.6) is 0 Å². The molecule has 0 fully saturated rings. The Morgan fingerprint density at radius 1 is 1.23 bits per heavy atom. The number of carbonyl (C=O) groups is 1. The predicted molar refractivity (Wildman–Crippen MR) is 112 cm³/mol. The van der Waals surface area contributed by atoms with Gasteiger partial charge in [0.05, 0.1) is 5.75 Å². The molecule has 0 aliphatic heterocycles. The van der Waals surface area contributed by atoms with E-state index in [4.69, 9.17) is 0 Å². The highest BCUT2D eigenvalue weighted by molar-refractivity contribution is 14.1. The highest BCUT2D eigenvalue weighted by atomic mass is 127. The second-order valence-corrected chi connectivity index (χ2v) is 7.77. The molecule has 0 aliphatic carbocycles.